The van der Waals surface area contributed by atoms with Gasteiger partial charge in [-0.1, -0.05) is 41.6 Å². The third-order valence-electron chi connectivity index (χ3n) is 3.83. The Bertz CT molecular complexity index is 1030. The number of para-hydroxylation sites is 1. The van der Waals surface area contributed by atoms with Gasteiger partial charge in [0, 0.05) is 9.92 Å². The smallest absolute Gasteiger partial charge is 0.282 e. The number of rotatable bonds is 4. The Hall–Kier alpha value is -2.96. The Morgan fingerprint density at radius 2 is 1.70 bits per heavy atom. The zero-order valence-electron chi connectivity index (χ0n) is 13.9. The Kier molecular flexibility index (Phi) is 4.75. The van der Waals surface area contributed by atoms with Crippen molar-refractivity contribution in [2.75, 3.05) is 5.01 Å². The lowest BCUT2D eigenvalue weighted by Crippen LogP contribution is -2.35. The van der Waals surface area contributed by atoms with E-state index < -0.39 is 11.8 Å². The zero-order valence-corrected chi connectivity index (χ0v) is 15.5. The number of hydrogen-bond acceptors (Lipinski definition) is 4. The molecule has 2 aromatic carbocycles. The van der Waals surface area contributed by atoms with Gasteiger partial charge in [-0.15, -0.1) is 0 Å². The average molecular weight is 397 g/mol. The molecule has 0 bridgehead atoms. The minimum Gasteiger partial charge on any atom is -0.450 e. The van der Waals surface area contributed by atoms with E-state index in [1.165, 1.54) is 22.8 Å². The second-order valence-electron chi connectivity index (χ2n) is 5.69. The van der Waals surface area contributed by atoms with Crippen molar-refractivity contribution in [3.8, 4) is 0 Å². The fourth-order valence-electron chi connectivity index (χ4n) is 2.54. The van der Waals surface area contributed by atoms with Gasteiger partial charge in [-0.05, 0) is 54.6 Å². The van der Waals surface area contributed by atoms with Crippen LogP contribution in [0.2, 0.25) is 5.02 Å². The van der Waals surface area contributed by atoms with Gasteiger partial charge < -0.3 is 4.42 Å². The number of carbonyl (C=O) groups excluding carboxylic acids is 2. The van der Waals surface area contributed by atoms with E-state index in [4.69, 9.17) is 16.0 Å². The molecule has 0 atom stereocenters. The van der Waals surface area contributed by atoms with Crippen LogP contribution in [0.5, 0.6) is 0 Å². The van der Waals surface area contributed by atoms with Gasteiger partial charge >= 0.3 is 0 Å². The van der Waals surface area contributed by atoms with Crippen molar-refractivity contribution in [2.45, 2.75) is 9.99 Å². The van der Waals surface area contributed by atoms with Gasteiger partial charge in [0.15, 0.2) is 5.09 Å². The number of benzene rings is 2. The first-order chi connectivity index (χ1) is 13.1. The number of furan rings is 1. The van der Waals surface area contributed by atoms with Crippen LogP contribution in [-0.4, -0.2) is 11.8 Å². The third kappa shape index (κ3) is 3.77. The molecular weight excluding hydrogens is 384 g/mol. The van der Waals surface area contributed by atoms with E-state index in [-0.39, 0.29) is 5.57 Å². The lowest BCUT2D eigenvalue weighted by Gasteiger charge is -2.13. The van der Waals surface area contributed by atoms with E-state index in [9.17, 15) is 9.59 Å². The van der Waals surface area contributed by atoms with E-state index >= 15 is 0 Å². The zero-order chi connectivity index (χ0) is 18.8. The van der Waals surface area contributed by atoms with E-state index in [0.29, 0.717) is 21.6 Å². The van der Waals surface area contributed by atoms with Crippen molar-refractivity contribution >= 4 is 46.9 Å². The van der Waals surface area contributed by atoms with Crippen LogP contribution in [0.25, 0.3) is 6.08 Å². The van der Waals surface area contributed by atoms with Crippen LogP contribution in [0.1, 0.15) is 5.76 Å². The molecular formula is C20H13ClN2O3S. The molecule has 0 saturated carbocycles. The summed E-state index contributed by atoms with van der Waals surface area (Å²) in [5.74, 6) is -0.457. The molecule has 1 fully saturated rings. The second kappa shape index (κ2) is 7.34. The molecule has 0 aliphatic carbocycles. The molecule has 2 amide bonds. The van der Waals surface area contributed by atoms with Crippen LogP contribution < -0.4 is 10.4 Å². The van der Waals surface area contributed by atoms with Gasteiger partial charge in [0.25, 0.3) is 11.8 Å². The summed E-state index contributed by atoms with van der Waals surface area (Å²) in [5.41, 5.74) is 3.18. The summed E-state index contributed by atoms with van der Waals surface area (Å²) < 4.78 is 5.72. The van der Waals surface area contributed by atoms with Crippen molar-refractivity contribution in [1.82, 2.24) is 5.43 Å². The molecule has 134 valence electrons. The van der Waals surface area contributed by atoms with Crippen molar-refractivity contribution < 1.29 is 14.0 Å². The van der Waals surface area contributed by atoms with Gasteiger partial charge in [0.2, 0.25) is 0 Å². The van der Waals surface area contributed by atoms with Crippen molar-refractivity contribution in [3.05, 3.63) is 83.1 Å². The molecule has 4 rings (SSSR count). The third-order valence-corrected chi connectivity index (χ3v) is 5.01. The SMILES string of the molecule is O=C1NN(c2ccccc2)C(=O)/C1=C\c1ccc(Sc2ccc(Cl)cc2)o1. The Morgan fingerprint density at radius 3 is 2.44 bits per heavy atom. The van der Waals surface area contributed by atoms with Crippen LogP contribution in [0.4, 0.5) is 5.69 Å². The minimum atomic E-state index is -0.466. The number of hydrogen-bond donors (Lipinski definition) is 1. The Morgan fingerprint density at radius 1 is 0.963 bits per heavy atom. The van der Waals surface area contributed by atoms with Gasteiger partial charge in [-0.25, -0.2) is 5.01 Å². The van der Waals surface area contributed by atoms with Crippen LogP contribution in [-0.2, 0) is 9.59 Å². The minimum absolute atomic E-state index is 0.0243. The van der Waals surface area contributed by atoms with Gasteiger partial charge in [-0.2, -0.15) is 0 Å². The highest BCUT2D eigenvalue weighted by Gasteiger charge is 2.34. The van der Waals surface area contributed by atoms with Crippen LogP contribution in [0.15, 0.2) is 86.7 Å². The number of amides is 2. The molecule has 27 heavy (non-hydrogen) atoms. The lowest BCUT2D eigenvalue weighted by molar-refractivity contribution is -0.117. The molecule has 1 saturated heterocycles. The first-order valence-corrected chi connectivity index (χ1v) is 9.25. The molecule has 0 unspecified atom stereocenters. The number of nitrogens with one attached hydrogen (secondary N) is 1. The first kappa shape index (κ1) is 17.5. The molecule has 1 aromatic heterocycles. The summed E-state index contributed by atoms with van der Waals surface area (Å²) in [6.07, 6.45) is 1.45. The maximum atomic E-state index is 12.6. The maximum Gasteiger partial charge on any atom is 0.282 e. The molecule has 7 heteroatoms. The molecule has 3 aromatic rings. The monoisotopic (exact) mass is 396 g/mol. The molecule has 1 N–H and O–H groups in total. The predicted molar refractivity (Wildman–Crippen MR) is 104 cm³/mol. The molecule has 0 spiro atoms. The molecule has 0 radical (unpaired) electrons. The second-order valence-corrected chi connectivity index (χ2v) is 7.20. The van der Waals surface area contributed by atoms with Crippen LogP contribution in [0, 0.1) is 0 Å². The van der Waals surface area contributed by atoms with Crippen LogP contribution >= 0.6 is 23.4 Å². The summed E-state index contributed by atoms with van der Waals surface area (Å²) in [6.45, 7) is 0. The van der Waals surface area contributed by atoms with E-state index in [2.05, 4.69) is 5.43 Å². The lowest BCUT2D eigenvalue weighted by atomic mass is 10.2. The highest BCUT2D eigenvalue weighted by molar-refractivity contribution is 7.99. The molecule has 1 aliphatic heterocycles. The van der Waals surface area contributed by atoms with Crippen LogP contribution in [0.3, 0.4) is 0 Å². The Labute approximate surface area is 164 Å². The van der Waals surface area contributed by atoms with E-state index in [1.807, 2.05) is 18.2 Å². The standard InChI is InChI=1S/C20H13ClN2O3S/c21-13-6-9-16(10-7-13)27-18-11-8-15(26-18)12-17-19(24)22-23(20(17)25)14-4-2-1-3-5-14/h1-12H,(H,22,24)/b17-12-. The Balaban J connectivity index is 1.53. The van der Waals surface area contributed by atoms with Crippen molar-refractivity contribution in [1.29, 1.82) is 0 Å². The highest BCUT2D eigenvalue weighted by atomic mass is 35.5. The highest BCUT2D eigenvalue weighted by Crippen LogP contribution is 2.31. The predicted octanol–water partition coefficient (Wildman–Crippen LogP) is 4.55. The fraction of sp³-hybridized carbons (Fsp3) is 0. The molecule has 5 nitrogen and oxygen atoms in total. The summed E-state index contributed by atoms with van der Waals surface area (Å²) in [5, 5.41) is 2.54. The number of anilines is 1. The summed E-state index contributed by atoms with van der Waals surface area (Å²) in [6, 6.07) is 19.8. The van der Waals surface area contributed by atoms with Gasteiger partial charge in [-0.3, -0.25) is 15.0 Å². The number of carbonyl (C=O) groups is 2. The fourth-order valence-corrected chi connectivity index (χ4v) is 3.45. The number of hydrazine groups is 1. The van der Waals surface area contributed by atoms with Crippen molar-refractivity contribution in [2.24, 2.45) is 0 Å². The summed E-state index contributed by atoms with van der Waals surface area (Å²) >= 11 is 7.31. The normalized spacial score (nSPS) is 15.4. The summed E-state index contributed by atoms with van der Waals surface area (Å²) in [7, 11) is 0. The average Bonchev–Trinajstić information content (AvgIpc) is 3.24. The molecule has 2 heterocycles. The maximum absolute atomic E-state index is 12.6. The quantitative estimate of drug-likeness (QED) is 0.519. The topological polar surface area (TPSA) is 62.6 Å². The number of nitrogens with zero attached hydrogens (tertiary/aromatic N) is 1. The van der Waals surface area contributed by atoms with E-state index in [1.54, 1.807) is 48.5 Å². The van der Waals surface area contributed by atoms with Crippen molar-refractivity contribution in [3.63, 3.8) is 0 Å². The molecule has 1 aliphatic rings. The van der Waals surface area contributed by atoms with Gasteiger partial charge in [0.05, 0.1) is 5.69 Å². The largest absolute Gasteiger partial charge is 0.450 e. The first-order valence-electron chi connectivity index (χ1n) is 8.05. The number of halogens is 1. The van der Waals surface area contributed by atoms with E-state index in [0.717, 1.165) is 4.90 Å². The van der Waals surface area contributed by atoms with Gasteiger partial charge in [0.1, 0.15) is 11.3 Å². The summed E-state index contributed by atoms with van der Waals surface area (Å²) in [4.78, 5) is 25.7.